The quantitative estimate of drug-likeness (QED) is 0.230. The molecule has 0 amide bonds. The van der Waals surface area contributed by atoms with Crippen molar-refractivity contribution in [2.24, 2.45) is 0 Å². The molecule has 40 heavy (non-hydrogen) atoms. The maximum absolute atomic E-state index is 9.01. The molecule has 0 aliphatic heterocycles. The molecule has 0 aliphatic rings. The van der Waals surface area contributed by atoms with Crippen LogP contribution in [0.5, 0.6) is 0 Å². The SMILES string of the molecule is [2H]c1c([2H])c([2H])c2c(N(c3ccccc3)c3ccc(-c4cccc5oc6c7ccccc7ccc6c45)cc3)c([2H])c([2H])c([2H])c2c1[2H]. The van der Waals surface area contributed by atoms with E-state index >= 15 is 0 Å². The number of hydrogen-bond donors (Lipinski definition) is 0. The van der Waals surface area contributed by atoms with Crippen LogP contribution in [0.1, 0.15) is 9.60 Å². The average Bonchev–Trinajstić information content (AvgIpc) is 3.50. The number of para-hydroxylation sites is 1. The Morgan fingerprint density at radius 3 is 2.20 bits per heavy atom. The topological polar surface area (TPSA) is 16.4 Å². The fourth-order valence-corrected chi connectivity index (χ4v) is 5.54. The van der Waals surface area contributed by atoms with Crippen molar-refractivity contribution >= 4 is 60.5 Å². The van der Waals surface area contributed by atoms with Gasteiger partial charge in [0.1, 0.15) is 11.2 Å². The van der Waals surface area contributed by atoms with Crippen LogP contribution in [0.2, 0.25) is 0 Å². The summed E-state index contributed by atoms with van der Waals surface area (Å²) in [5.41, 5.74) is 4.90. The summed E-state index contributed by atoms with van der Waals surface area (Å²) in [6.07, 6.45) is 0. The van der Waals surface area contributed by atoms with Gasteiger partial charge >= 0.3 is 0 Å². The highest BCUT2D eigenvalue weighted by Gasteiger charge is 2.17. The maximum atomic E-state index is 9.01. The molecule has 0 saturated carbocycles. The van der Waals surface area contributed by atoms with Crippen molar-refractivity contribution in [1.82, 2.24) is 0 Å². The Balaban J connectivity index is 1.36. The zero-order valence-corrected chi connectivity index (χ0v) is 21.2. The van der Waals surface area contributed by atoms with Crippen molar-refractivity contribution in [2.75, 3.05) is 4.90 Å². The molecule has 1 aromatic heterocycles. The number of hydrogen-bond acceptors (Lipinski definition) is 2. The predicted octanol–water partition coefficient (Wildman–Crippen LogP) is 11.0. The van der Waals surface area contributed by atoms with Crippen LogP contribution in [-0.4, -0.2) is 0 Å². The van der Waals surface area contributed by atoms with E-state index in [4.69, 9.17) is 14.0 Å². The molecule has 8 aromatic rings. The first kappa shape index (κ1) is 16.6. The minimum absolute atomic E-state index is 0.0248. The van der Waals surface area contributed by atoms with E-state index in [2.05, 4.69) is 30.3 Å². The monoisotopic (exact) mass is 518 g/mol. The summed E-state index contributed by atoms with van der Waals surface area (Å²) in [6.45, 7) is 0. The summed E-state index contributed by atoms with van der Waals surface area (Å²) in [6, 6.07) is 32.5. The molecule has 0 atom stereocenters. The second-order valence-electron chi connectivity index (χ2n) is 9.64. The lowest BCUT2D eigenvalue weighted by Crippen LogP contribution is -2.10. The summed E-state index contributed by atoms with van der Waals surface area (Å²) < 4.78 is 66.6. The number of fused-ring (bicyclic) bond motifs is 6. The second kappa shape index (κ2) is 9.14. The van der Waals surface area contributed by atoms with Gasteiger partial charge in [0.2, 0.25) is 0 Å². The van der Waals surface area contributed by atoms with Gasteiger partial charge in [0.15, 0.2) is 0 Å². The van der Waals surface area contributed by atoms with Crippen molar-refractivity contribution in [1.29, 1.82) is 0 Å². The van der Waals surface area contributed by atoms with Crippen molar-refractivity contribution in [3.05, 3.63) is 151 Å². The normalized spacial score (nSPS) is 13.9. The first-order chi connectivity index (χ1) is 22.8. The lowest BCUT2D eigenvalue weighted by Gasteiger charge is -2.27. The third-order valence-corrected chi connectivity index (χ3v) is 7.35. The van der Waals surface area contributed by atoms with Crippen LogP contribution in [0.15, 0.2) is 156 Å². The van der Waals surface area contributed by atoms with Gasteiger partial charge in [-0.2, -0.15) is 0 Å². The lowest BCUT2D eigenvalue weighted by molar-refractivity contribution is 0.673. The molecule has 0 spiro atoms. The largest absolute Gasteiger partial charge is 0.455 e. The fraction of sp³-hybridized carbons (Fsp3) is 0. The van der Waals surface area contributed by atoms with Crippen molar-refractivity contribution in [3.8, 4) is 11.1 Å². The molecule has 0 saturated heterocycles. The van der Waals surface area contributed by atoms with Crippen LogP contribution >= 0.6 is 0 Å². The Bertz CT molecular complexity index is 2540. The molecule has 0 radical (unpaired) electrons. The van der Waals surface area contributed by atoms with Gasteiger partial charge in [0.05, 0.1) is 15.3 Å². The Hall–Kier alpha value is -5.34. The highest BCUT2D eigenvalue weighted by atomic mass is 16.3. The Morgan fingerprint density at radius 1 is 0.525 bits per heavy atom. The van der Waals surface area contributed by atoms with E-state index in [0.717, 1.165) is 43.8 Å². The van der Waals surface area contributed by atoms with E-state index in [1.165, 1.54) is 0 Å². The minimum atomic E-state index is -0.483. The molecule has 7 aromatic carbocycles. The van der Waals surface area contributed by atoms with E-state index in [0.29, 0.717) is 11.4 Å². The van der Waals surface area contributed by atoms with Gasteiger partial charge in [-0.1, -0.05) is 109 Å². The van der Waals surface area contributed by atoms with Crippen LogP contribution in [0.25, 0.3) is 54.6 Å². The van der Waals surface area contributed by atoms with Crippen molar-refractivity contribution in [3.63, 3.8) is 0 Å². The number of anilines is 3. The van der Waals surface area contributed by atoms with Gasteiger partial charge in [-0.3, -0.25) is 0 Å². The summed E-state index contributed by atoms with van der Waals surface area (Å²) in [5, 5.41) is 4.10. The highest BCUT2D eigenvalue weighted by molar-refractivity contribution is 6.19. The lowest BCUT2D eigenvalue weighted by atomic mass is 9.98. The third kappa shape index (κ3) is 3.58. The summed E-state index contributed by atoms with van der Waals surface area (Å²) in [7, 11) is 0. The Labute approximate surface area is 242 Å². The molecule has 0 fully saturated rings. The van der Waals surface area contributed by atoms with Crippen molar-refractivity contribution < 1.29 is 14.0 Å². The highest BCUT2D eigenvalue weighted by Crippen LogP contribution is 2.42. The van der Waals surface area contributed by atoms with Gasteiger partial charge in [-0.05, 0) is 64.3 Å². The van der Waals surface area contributed by atoms with E-state index in [1.54, 1.807) is 4.90 Å². The minimum Gasteiger partial charge on any atom is -0.455 e. The average molecular weight is 519 g/mol. The zero-order valence-electron chi connectivity index (χ0n) is 28.2. The summed E-state index contributed by atoms with van der Waals surface area (Å²) in [4.78, 5) is 1.73. The third-order valence-electron chi connectivity index (χ3n) is 7.35. The van der Waals surface area contributed by atoms with Crippen molar-refractivity contribution in [2.45, 2.75) is 0 Å². The van der Waals surface area contributed by atoms with Gasteiger partial charge in [-0.25, -0.2) is 0 Å². The van der Waals surface area contributed by atoms with Crippen LogP contribution < -0.4 is 4.90 Å². The van der Waals surface area contributed by atoms with Gasteiger partial charge in [0, 0.05) is 32.9 Å². The molecule has 0 bridgehead atoms. The molecule has 2 nitrogen and oxygen atoms in total. The summed E-state index contributed by atoms with van der Waals surface area (Å²) >= 11 is 0. The fourth-order valence-electron chi connectivity index (χ4n) is 5.54. The summed E-state index contributed by atoms with van der Waals surface area (Å²) in [5.74, 6) is 0. The predicted molar refractivity (Wildman–Crippen MR) is 169 cm³/mol. The van der Waals surface area contributed by atoms with Crippen LogP contribution in [-0.2, 0) is 0 Å². The number of rotatable bonds is 4. The number of furan rings is 1. The molecule has 8 rings (SSSR count). The molecular formula is C38H25NO. The second-order valence-corrected chi connectivity index (χ2v) is 9.64. The first-order valence-corrected chi connectivity index (χ1v) is 13.0. The molecule has 0 aliphatic carbocycles. The van der Waals surface area contributed by atoms with E-state index in [1.807, 2.05) is 78.9 Å². The van der Waals surface area contributed by atoms with E-state index < -0.39 is 30.2 Å². The molecule has 188 valence electrons. The Morgan fingerprint density at radius 2 is 1.30 bits per heavy atom. The van der Waals surface area contributed by atoms with Gasteiger partial charge in [0.25, 0.3) is 0 Å². The zero-order chi connectivity index (χ0) is 32.6. The molecule has 0 N–H and O–H groups in total. The van der Waals surface area contributed by atoms with Crippen LogP contribution in [0.4, 0.5) is 17.1 Å². The number of benzene rings is 7. The van der Waals surface area contributed by atoms with E-state index in [9.17, 15) is 0 Å². The standard InChI is InChI=1S/C38H25NO/c1-2-13-29(14-3-1)39(35-18-8-12-26-10-4-6-15-31(26)35)30-23-20-28(21-24-30)32-17-9-19-36-37(32)34-25-22-27-11-5-7-16-33(27)38(34)40-36/h1-25H/i4D,6D,8D,10D,12D,15D,18D. The van der Waals surface area contributed by atoms with Crippen LogP contribution in [0, 0.1) is 0 Å². The molecule has 0 unspecified atom stereocenters. The molecular weight excluding hydrogens is 486 g/mol. The van der Waals surface area contributed by atoms with Gasteiger partial charge < -0.3 is 9.32 Å². The smallest absolute Gasteiger partial charge is 0.143 e. The maximum Gasteiger partial charge on any atom is 0.143 e. The molecule has 2 heteroatoms. The Kier molecular flexibility index (Phi) is 3.79. The molecule has 1 heterocycles. The number of nitrogens with zero attached hydrogens (tertiary/aromatic N) is 1. The first-order valence-electron chi connectivity index (χ1n) is 16.5. The van der Waals surface area contributed by atoms with Gasteiger partial charge in [-0.15, -0.1) is 0 Å². The van der Waals surface area contributed by atoms with Crippen LogP contribution in [0.3, 0.4) is 0 Å². The van der Waals surface area contributed by atoms with E-state index in [-0.39, 0.29) is 28.5 Å².